The maximum absolute atomic E-state index is 11.1. The number of ketones is 1. The summed E-state index contributed by atoms with van der Waals surface area (Å²) in [6.45, 7) is 8.90. The largest absolute Gasteiger partial charge is 0.390 e. The van der Waals surface area contributed by atoms with Gasteiger partial charge in [-0.2, -0.15) is 0 Å². The number of carbonyl (C=O) groups is 1. The van der Waals surface area contributed by atoms with E-state index in [-0.39, 0.29) is 5.78 Å². The highest BCUT2D eigenvalue weighted by Gasteiger charge is 2.18. The van der Waals surface area contributed by atoms with Crippen molar-refractivity contribution in [3.8, 4) is 0 Å². The van der Waals surface area contributed by atoms with Gasteiger partial charge in [-0.1, -0.05) is 13.5 Å². The molecule has 0 aliphatic carbocycles. The molecule has 0 aliphatic rings. The number of carbonyl (C=O) groups excluding carboxylic acids is 1. The quantitative estimate of drug-likeness (QED) is 0.641. The molecule has 0 bridgehead atoms. The third kappa shape index (κ3) is 4.29. The average Bonchev–Trinajstić information content (AvgIpc) is 2.00. The van der Waals surface area contributed by atoms with Crippen LogP contribution in [0.3, 0.4) is 0 Å². The van der Waals surface area contributed by atoms with Crippen molar-refractivity contribution < 1.29 is 9.90 Å². The van der Waals surface area contributed by atoms with Crippen LogP contribution in [-0.2, 0) is 4.79 Å². The Morgan fingerprint density at radius 2 is 2.08 bits per heavy atom. The zero-order valence-corrected chi connectivity index (χ0v) is 8.18. The van der Waals surface area contributed by atoms with E-state index in [0.29, 0.717) is 24.8 Å². The van der Waals surface area contributed by atoms with Crippen molar-refractivity contribution in [1.82, 2.24) is 0 Å². The van der Waals surface area contributed by atoms with Crippen LogP contribution in [0, 0.1) is 0 Å². The highest BCUT2D eigenvalue weighted by Crippen LogP contribution is 2.16. The molecule has 0 heterocycles. The van der Waals surface area contributed by atoms with Crippen LogP contribution in [0.5, 0.6) is 0 Å². The third-order valence-corrected chi connectivity index (χ3v) is 2.13. The Balaban J connectivity index is 3.83. The third-order valence-electron chi connectivity index (χ3n) is 2.13. The minimum absolute atomic E-state index is 0.0451. The molecule has 1 unspecified atom stereocenters. The van der Waals surface area contributed by atoms with E-state index in [1.807, 2.05) is 6.92 Å². The number of rotatable bonds is 5. The molecule has 0 radical (unpaired) electrons. The van der Waals surface area contributed by atoms with Crippen molar-refractivity contribution in [2.75, 3.05) is 0 Å². The molecule has 0 aromatic carbocycles. The molecule has 0 saturated carbocycles. The predicted octanol–water partition coefficient (Wildman–Crippen LogP) is 2.07. The van der Waals surface area contributed by atoms with E-state index in [1.54, 1.807) is 13.8 Å². The summed E-state index contributed by atoms with van der Waals surface area (Å²) < 4.78 is 0. The van der Waals surface area contributed by atoms with Crippen LogP contribution in [0.4, 0.5) is 0 Å². The fraction of sp³-hybridized carbons (Fsp3) is 0.700. The lowest BCUT2D eigenvalue weighted by molar-refractivity contribution is -0.116. The molecule has 0 saturated heterocycles. The Kier molecular flexibility index (Phi) is 4.18. The molecule has 0 amide bonds. The summed E-state index contributed by atoms with van der Waals surface area (Å²) in [5.74, 6) is 0.0451. The Bertz CT molecular complexity index is 180. The topological polar surface area (TPSA) is 37.3 Å². The Morgan fingerprint density at radius 3 is 2.42 bits per heavy atom. The SMILES string of the molecule is C=C(C)C(=O)CCC(C)(O)CC. The molecule has 2 heteroatoms. The van der Waals surface area contributed by atoms with Gasteiger partial charge in [0, 0.05) is 6.42 Å². The first-order valence-corrected chi connectivity index (χ1v) is 4.30. The summed E-state index contributed by atoms with van der Waals surface area (Å²) in [5, 5.41) is 9.57. The molecular formula is C10H18O2. The van der Waals surface area contributed by atoms with Crippen molar-refractivity contribution in [3.05, 3.63) is 12.2 Å². The second kappa shape index (κ2) is 4.41. The number of Topliss-reactive ketones (excluding diaryl/α,β-unsaturated/α-hetero) is 1. The fourth-order valence-corrected chi connectivity index (χ4v) is 0.773. The molecular weight excluding hydrogens is 152 g/mol. The summed E-state index contributed by atoms with van der Waals surface area (Å²) in [4.78, 5) is 11.1. The monoisotopic (exact) mass is 170 g/mol. The Labute approximate surface area is 74.3 Å². The van der Waals surface area contributed by atoms with E-state index in [4.69, 9.17) is 0 Å². The first-order chi connectivity index (χ1) is 5.39. The number of hydrogen-bond acceptors (Lipinski definition) is 2. The number of aliphatic hydroxyl groups is 1. The van der Waals surface area contributed by atoms with Gasteiger partial charge in [-0.15, -0.1) is 0 Å². The second-order valence-electron chi connectivity index (χ2n) is 3.55. The number of hydrogen-bond donors (Lipinski definition) is 1. The van der Waals surface area contributed by atoms with E-state index >= 15 is 0 Å². The lowest BCUT2D eigenvalue weighted by Crippen LogP contribution is -2.23. The van der Waals surface area contributed by atoms with Crippen molar-refractivity contribution in [3.63, 3.8) is 0 Å². The molecule has 12 heavy (non-hydrogen) atoms. The minimum Gasteiger partial charge on any atom is -0.390 e. The molecule has 1 atom stereocenters. The highest BCUT2D eigenvalue weighted by molar-refractivity contribution is 5.94. The zero-order chi connectivity index (χ0) is 9.78. The van der Waals surface area contributed by atoms with Crippen LogP contribution in [0.25, 0.3) is 0 Å². The van der Waals surface area contributed by atoms with Crippen LogP contribution in [0.1, 0.15) is 40.0 Å². The first-order valence-electron chi connectivity index (χ1n) is 4.30. The first kappa shape index (κ1) is 11.4. The van der Waals surface area contributed by atoms with Crippen molar-refractivity contribution >= 4 is 5.78 Å². The summed E-state index contributed by atoms with van der Waals surface area (Å²) in [6.07, 6.45) is 1.60. The van der Waals surface area contributed by atoms with Gasteiger partial charge >= 0.3 is 0 Å². The van der Waals surface area contributed by atoms with Gasteiger partial charge in [0.15, 0.2) is 5.78 Å². The number of allylic oxidation sites excluding steroid dienone is 1. The fourth-order valence-electron chi connectivity index (χ4n) is 0.773. The maximum Gasteiger partial charge on any atom is 0.158 e. The van der Waals surface area contributed by atoms with Crippen LogP contribution in [0.15, 0.2) is 12.2 Å². The lowest BCUT2D eigenvalue weighted by Gasteiger charge is -2.20. The van der Waals surface area contributed by atoms with Gasteiger partial charge in [-0.05, 0) is 32.3 Å². The predicted molar refractivity (Wildman–Crippen MR) is 50.0 cm³/mol. The van der Waals surface area contributed by atoms with Crippen molar-refractivity contribution in [2.24, 2.45) is 0 Å². The average molecular weight is 170 g/mol. The molecule has 0 fully saturated rings. The van der Waals surface area contributed by atoms with Gasteiger partial charge in [0.05, 0.1) is 5.60 Å². The smallest absolute Gasteiger partial charge is 0.158 e. The molecule has 0 rings (SSSR count). The molecule has 0 spiro atoms. The van der Waals surface area contributed by atoms with Crippen molar-refractivity contribution in [2.45, 2.75) is 45.6 Å². The van der Waals surface area contributed by atoms with Crippen LogP contribution < -0.4 is 0 Å². The van der Waals surface area contributed by atoms with E-state index in [1.165, 1.54) is 0 Å². The summed E-state index contributed by atoms with van der Waals surface area (Å²) in [7, 11) is 0. The van der Waals surface area contributed by atoms with E-state index in [9.17, 15) is 9.90 Å². The van der Waals surface area contributed by atoms with Gasteiger partial charge in [-0.3, -0.25) is 4.79 Å². The molecule has 0 aromatic heterocycles. The summed E-state index contributed by atoms with van der Waals surface area (Å²) in [5.41, 5.74) is -0.132. The van der Waals surface area contributed by atoms with Crippen molar-refractivity contribution in [1.29, 1.82) is 0 Å². The molecule has 0 aromatic rings. The summed E-state index contributed by atoms with van der Waals surface area (Å²) >= 11 is 0. The minimum atomic E-state index is -0.703. The molecule has 1 N–H and O–H groups in total. The van der Waals surface area contributed by atoms with E-state index < -0.39 is 5.60 Å². The van der Waals surface area contributed by atoms with Gasteiger partial charge in [-0.25, -0.2) is 0 Å². The standard InChI is InChI=1S/C10H18O2/c1-5-10(4,12)7-6-9(11)8(2)3/h12H,2,5-7H2,1,3-4H3. The van der Waals surface area contributed by atoms with Gasteiger partial charge < -0.3 is 5.11 Å². The van der Waals surface area contributed by atoms with E-state index in [0.717, 1.165) is 0 Å². The molecule has 70 valence electrons. The summed E-state index contributed by atoms with van der Waals surface area (Å²) in [6, 6.07) is 0. The maximum atomic E-state index is 11.1. The zero-order valence-electron chi connectivity index (χ0n) is 8.18. The Hall–Kier alpha value is -0.630. The van der Waals surface area contributed by atoms with Gasteiger partial charge in [0.1, 0.15) is 0 Å². The highest BCUT2D eigenvalue weighted by atomic mass is 16.3. The van der Waals surface area contributed by atoms with Gasteiger partial charge in [0.2, 0.25) is 0 Å². The van der Waals surface area contributed by atoms with Gasteiger partial charge in [0.25, 0.3) is 0 Å². The lowest BCUT2D eigenvalue weighted by atomic mass is 9.95. The Morgan fingerprint density at radius 1 is 1.58 bits per heavy atom. The van der Waals surface area contributed by atoms with E-state index in [2.05, 4.69) is 6.58 Å². The van der Waals surface area contributed by atoms with Crippen LogP contribution in [0.2, 0.25) is 0 Å². The molecule has 2 nitrogen and oxygen atoms in total. The normalized spacial score (nSPS) is 15.3. The molecule has 0 aliphatic heterocycles. The van der Waals surface area contributed by atoms with Crippen LogP contribution >= 0.6 is 0 Å². The van der Waals surface area contributed by atoms with Crippen LogP contribution in [-0.4, -0.2) is 16.5 Å². The second-order valence-corrected chi connectivity index (χ2v) is 3.55.